The average Bonchev–Trinajstić information content (AvgIpc) is 2.19. The Balaban J connectivity index is 1.57. The van der Waals surface area contributed by atoms with Gasteiger partial charge in [0.2, 0.25) is 5.82 Å². The summed E-state index contributed by atoms with van der Waals surface area (Å²) in [4.78, 5) is 8.91. The molecule has 1 spiro atoms. The molecule has 3 heterocycles. The predicted molar refractivity (Wildman–Crippen MR) is 57.6 cm³/mol. The van der Waals surface area contributed by atoms with Crippen LogP contribution in [-0.4, -0.2) is 41.0 Å². The van der Waals surface area contributed by atoms with Crippen molar-refractivity contribution in [3.63, 3.8) is 0 Å². The topological polar surface area (TPSA) is 41.1 Å². The lowest BCUT2D eigenvalue weighted by Crippen LogP contribution is -2.70. The molecule has 0 amide bonds. The summed E-state index contributed by atoms with van der Waals surface area (Å²) in [6, 6.07) is 0. The van der Waals surface area contributed by atoms with Gasteiger partial charge >= 0.3 is 6.18 Å². The molecule has 18 heavy (non-hydrogen) atoms. The van der Waals surface area contributed by atoms with Gasteiger partial charge in [0.1, 0.15) is 0 Å². The SMILES string of the molecule is FC(F)(F)c1ncc(CN2CC3(CNC3)C2)cn1. The van der Waals surface area contributed by atoms with E-state index in [9.17, 15) is 13.2 Å². The first-order chi connectivity index (χ1) is 8.47. The van der Waals surface area contributed by atoms with Crippen LogP contribution in [0.15, 0.2) is 12.4 Å². The van der Waals surface area contributed by atoms with Gasteiger partial charge in [-0.3, -0.25) is 4.90 Å². The Hall–Kier alpha value is -1.21. The summed E-state index contributed by atoms with van der Waals surface area (Å²) in [6.45, 7) is 4.72. The van der Waals surface area contributed by atoms with Crippen LogP contribution < -0.4 is 5.32 Å². The molecule has 0 atom stereocenters. The number of aromatic nitrogens is 2. The number of rotatable bonds is 2. The van der Waals surface area contributed by atoms with Crippen molar-refractivity contribution in [1.29, 1.82) is 0 Å². The van der Waals surface area contributed by atoms with Gasteiger partial charge in [-0.2, -0.15) is 13.2 Å². The Morgan fingerprint density at radius 3 is 2.28 bits per heavy atom. The molecule has 98 valence electrons. The molecule has 3 rings (SSSR count). The molecular weight excluding hydrogens is 245 g/mol. The number of halogens is 3. The van der Waals surface area contributed by atoms with Crippen LogP contribution in [0.4, 0.5) is 13.2 Å². The molecule has 2 aliphatic rings. The lowest BCUT2D eigenvalue weighted by molar-refractivity contribution is -0.145. The van der Waals surface area contributed by atoms with Crippen LogP contribution >= 0.6 is 0 Å². The zero-order chi connectivity index (χ0) is 12.8. The maximum atomic E-state index is 12.3. The Bertz CT molecular complexity index is 431. The lowest BCUT2D eigenvalue weighted by atomic mass is 9.74. The van der Waals surface area contributed by atoms with Gasteiger partial charge in [-0.15, -0.1) is 0 Å². The number of nitrogens with zero attached hydrogens (tertiary/aromatic N) is 3. The largest absolute Gasteiger partial charge is 0.451 e. The molecular formula is C11H13F3N4. The average molecular weight is 258 g/mol. The monoisotopic (exact) mass is 258 g/mol. The van der Waals surface area contributed by atoms with Crippen LogP contribution in [0.25, 0.3) is 0 Å². The van der Waals surface area contributed by atoms with Crippen molar-refractivity contribution in [1.82, 2.24) is 20.2 Å². The van der Waals surface area contributed by atoms with E-state index in [0.29, 0.717) is 12.0 Å². The molecule has 0 unspecified atom stereocenters. The molecule has 1 N–H and O–H groups in total. The summed E-state index contributed by atoms with van der Waals surface area (Å²) in [5.74, 6) is -1.07. The maximum Gasteiger partial charge on any atom is 0.451 e. The van der Waals surface area contributed by atoms with Crippen molar-refractivity contribution in [2.75, 3.05) is 26.2 Å². The van der Waals surface area contributed by atoms with E-state index >= 15 is 0 Å². The van der Waals surface area contributed by atoms with Crippen molar-refractivity contribution in [3.8, 4) is 0 Å². The van der Waals surface area contributed by atoms with E-state index in [4.69, 9.17) is 0 Å². The third kappa shape index (κ3) is 2.08. The van der Waals surface area contributed by atoms with Crippen LogP contribution in [0.1, 0.15) is 11.4 Å². The minimum Gasteiger partial charge on any atom is -0.315 e. The van der Waals surface area contributed by atoms with Crippen molar-refractivity contribution in [2.24, 2.45) is 5.41 Å². The molecule has 0 aromatic carbocycles. The van der Waals surface area contributed by atoms with E-state index < -0.39 is 12.0 Å². The molecule has 2 aliphatic heterocycles. The third-order valence-corrected chi connectivity index (χ3v) is 3.48. The van der Waals surface area contributed by atoms with Crippen LogP contribution in [-0.2, 0) is 12.7 Å². The smallest absolute Gasteiger partial charge is 0.315 e. The van der Waals surface area contributed by atoms with Gasteiger partial charge in [-0.25, -0.2) is 9.97 Å². The molecule has 1 aromatic rings. The minimum atomic E-state index is -4.46. The minimum absolute atomic E-state index is 0.423. The Morgan fingerprint density at radius 2 is 1.83 bits per heavy atom. The van der Waals surface area contributed by atoms with Crippen molar-refractivity contribution < 1.29 is 13.2 Å². The number of hydrogen-bond acceptors (Lipinski definition) is 4. The summed E-state index contributed by atoms with van der Waals surface area (Å²) in [7, 11) is 0. The summed E-state index contributed by atoms with van der Waals surface area (Å²) >= 11 is 0. The van der Waals surface area contributed by atoms with Crippen molar-refractivity contribution in [2.45, 2.75) is 12.7 Å². The standard InChI is InChI=1S/C11H13F3N4/c12-11(13,14)9-16-1-8(2-17-9)3-18-6-10(7-18)4-15-5-10/h1-2,15H,3-7H2. The molecule has 0 aliphatic carbocycles. The second-order valence-electron chi connectivity index (χ2n) is 5.16. The summed E-state index contributed by atoms with van der Waals surface area (Å²) < 4.78 is 36.8. The van der Waals surface area contributed by atoms with E-state index in [1.807, 2.05) is 0 Å². The van der Waals surface area contributed by atoms with E-state index in [2.05, 4.69) is 20.2 Å². The fourth-order valence-corrected chi connectivity index (χ4v) is 2.56. The van der Waals surface area contributed by atoms with Gasteiger partial charge in [0.25, 0.3) is 0 Å². The number of nitrogens with one attached hydrogen (secondary N) is 1. The highest BCUT2D eigenvalue weighted by Gasteiger charge is 2.47. The second-order valence-corrected chi connectivity index (χ2v) is 5.16. The molecule has 1 aromatic heterocycles. The molecule has 4 nitrogen and oxygen atoms in total. The highest BCUT2D eigenvalue weighted by molar-refractivity contribution is 5.10. The predicted octanol–water partition coefficient (Wildman–Crippen LogP) is 0.901. The highest BCUT2D eigenvalue weighted by atomic mass is 19.4. The molecule has 0 bridgehead atoms. The summed E-state index contributed by atoms with van der Waals surface area (Å²) in [6.07, 6.45) is -1.93. The Labute approximate surface area is 102 Å². The van der Waals surface area contributed by atoms with E-state index in [0.717, 1.165) is 31.7 Å². The van der Waals surface area contributed by atoms with Crippen molar-refractivity contribution in [3.05, 3.63) is 23.8 Å². The van der Waals surface area contributed by atoms with E-state index in [1.54, 1.807) is 0 Å². The first kappa shape index (κ1) is 11.9. The quantitative estimate of drug-likeness (QED) is 0.855. The number of hydrogen-bond donors (Lipinski definition) is 1. The normalized spacial score (nSPS) is 22.6. The van der Waals surface area contributed by atoms with Crippen LogP contribution in [0.3, 0.4) is 0 Å². The zero-order valence-corrected chi connectivity index (χ0v) is 9.67. The van der Waals surface area contributed by atoms with E-state index in [1.165, 1.54) is 12.4 Å². The molecule has 2 fully saturated rings. The first-order valence-electron chi connectivity index (χ1n) is 5.78. The van der Waals surface area contributed by atoms with Gasteiger partial charge in [0.05, 0.1) is 0 Å². The van der Waals surface area contributed by atoms with Crippen LogP contribution in [0, 0.1) is 5.41 Å². The third-order valence-electron chi connectivity index (χ3n) is 3.48. The summed E-state index contributed by atoms with van der Waals surface area (Å²) in [5.41, 5.74) is 1.15. The summed E-state index contributed by atoms with van der Waals surface area (Å²) in [5, 5.41) is 3.24. The van der Waals surface area contributed by atoms with Crippen LogP contribution in [0.2, 0.25) is 0 Å². The number of alkyl halides is 3. The first-order valence-corrected chi connectivity index (χ1v) is 5.78. The molecule has 2 saturated heterocycles. The van der Waals surface area contributed by atoms with Gasteiger partial charge in [-0.1, -0.05) is 0 Å². The van der Waals surface area contributed by atoms with E-state index in [-0.39, 0.29) is 0 Å². The van der Waals surface area contributed by atoms with Gasteiger partial charge in [-0.05, 0) is 0 Å². The number of likely N-dealkylation sites (tertiary alicyclic amines) is 1. The molecule has 0 saturated carbocycles. The maximum absolute atomic E-state index is 12.3. The lowest BCUT2D eigenvalue weighted by Gasteiger charge is -2.56. The van der Waals surface area contributed by atoms with Crippen molar-refractivity contribution >= 4 is 0 Å². The molecule has 7 heteroatoms. The highest BCUT2D eigenvalue weighted by Crippen LogP contribution is 2.34. The molecule has 0 radical (unpaired) electrons. The van der Waals surface area contributed by atoms with Gasteiger partial charge in [0, 0.05) is 56.1 Å². The Morgan fingerprint density at radius 1 is 1.22 bits per heavy atom. The zero-order valence-electron chi connectivity index (χ0n) is 9.67. The van der Waals surface area contributed by atoms with Gasteiger partial charge in [0.15, 0.2) is 0 Å². The fraction of sp³-hybridized carbons (Fsp3) is 0.636. The second kappa shape index (κ2) is 3.89. The van der Waals surface area contributed by atoms with Gasteiger partial charge < -0.3 is 5.32 Å². The fourth-order valence-electron chi connectivity index (χ4n) is 2.56. The Kier molecular flexibility index (Phi) is 2.56. The van der Waals surface area contributed by atoms with Crippen LogP contribution in [0.5, 0.6) is 0 Å².